The zero-order chi connectivity index (χ0) is 20.8. The van der Waals surface area contributed by atoms with Crippen molar-refractivity contribution in [1.29, 1.82) is 0 Å². The van der Waals surface area contributed by atoms with Gasteiger partial charge in [-0.15, -0.1) is 11.3 Å². The minimum atomic E-state index is -0.305. The fraction of sp³-hybridized carbons (Fsp3) is 0.435. The Kier molecular flexibility index (Phi) is 4.85. The summed E-state index contributed by atoms with van der Waals surface area (Å²) in [6.07, 6.45) is 2.28. The van der Waals surface area contributed by atoms with Gasteiger partial charge in [0.2, 0.25) is 11.8 Å². The van der Waals surface area contributed by atoms with Gasteiger partial charge in [-0.05, 0) is 36.4 Å². The average molecular weight is 423 g/mol. The fourth-order valence-electron chi connectivity index (χ4n) is 5.09. The molecule has 30 heavy (non-hydrogen) atoms. The van der Waals surface area contributed by atoms with Crippen molar-refractivity contribution in [2.24, 2.45) is 13.0 Å². The van der Waals surface area contributed by atoms with Crippen molar-refractivity contribution in [2.45, 2.75) is 31.2 Å². The van der Waals surface area contributed by atoms with Crippen LogP contribution in [-0.2, 0) is 16.6 Å². The number of thiophene rings is 1. The van der Waals surface area contributed by atoms with E-state index in [-0.39, 0.29) is 29.7 Å². The van der Waals surface area contributed by atoms with Gasteiger partial charge in [-0.3, -0.25) is 9.59 Å². The maximum absolute atomic E-state index is 13.6. The molecular formula is C23H26N4O2S. The van der Waals surface area contributed by atoms with Crippen LogP contribution in [-0.4, -0.2) is 51.3 Å². The number of amides is 2. The Morgan fingerprint density at radius 1 is 1.17 bits per heavy atom. The summed E-state index contributed by atoms with van der Waals surface area (Å²) in [5, 5.41) is 2.01. The molecule has 6 nitrogen and oxygen atoms in total. The largest absolute Gasteiger partial charge is 0.342 e. The van der Waals surface area contributed by atoms with Crippen LogP contribution in [0.5, 0.6) is 0 Å². The third-order valence-corrected chi connectivity index (χ3v) is 7.60. The van der Waals surface area contributed by atoms with Gasteiger partial charge < -0.3 is 14.4 Å². The summed E-state index contributed by atoms with van der Waals surface area (Å²) in [5.74, 6) is 1.11. The Balaban J connectivity index is 1.39. The van der Waals surface area contributed by atoms with Gasteiger partial charge in [-0.25, -0.2) is 4.98 Å². The van der Waals surface area contributed by atoms with Crippen molar-refractivity contribution < 1.29 is 9.59 Å². The Labute approximate surface area is 180 Å². The first-order chi connectivity index (χ1) is 14.5. The second kappa shape index (κ2) is 7.54. The highest BCUT2D eigenvalue weighted by Crippen LogP contribution is 2.41. The number of hydrogen-bond acceptors (Lipinski definition) is 4. The third kappa shape index (κ3) is 3.12. The summed E-state index contributed by atoms with van der Waals surface area (Å²) >= 11 is 1.62. The van der Waals surface area contributed by atoms with E-state index in [0.29, 0.717) is 13.0 Å². The molecule has 2 aliphatic rings. The van der Waals surface area contributed by atoms with Crippen LogP contribution in [0.2, 0.25) is 0 Å². The van der Waals surface area contributed by atoms with Gasteiger partial charge in [0.15, 0.2) is 0 Å². The summed E-state index contributed by atoms with van der Waals surface area (Å²) < 4.78 is 2.16. The van der Waals surface area contributed by atoms with Gasteiger partial charge in [-0.1, -0.05) is 18.2 Å². The second-order valence-electron chi connectivity index (χ2n) is 8.42. The van der Waals surface area contributed by atoms with Crippen LogP contribution in [0, 0.1) is 5.92 Å². The molecular weight excluding hydrogens is 396 g/mol. The van der Waals surface area contributed by atoms with E-state index >= 15 is 0 Å². The van der Waals surface area contributed by atoms with Crippen molar-refractivity contribution in [3.63, 3.8) is 0 Å². The predicted octanol–water partition coefficient (Wildman–Crippen LogP) is 3.56. The molecule has 0 saturated carbocycles. The Bertz CT molecular complexity index is 1090. The molecule has 2 amide bonds. The summed E-state index contributed by atoms with van der Waals surface area (Å²) in [4.78, 5) is 35.7. The number of imidazole rings is 1. The number of fused-ring (bicyclic) bond motifs is 1. The Morgan fingerprint density at radius 2 is 2.00 bits per heavy atom. The molecule has 0 N–H and O–H groups in total. The summed E-state index contributed by atoms with van der Waals surface area (Å²) in [6, 6.07) is 12.0. The van der Waals surface area contributed by atoms with Gasteiger partial charge >= 0.3 is 0 Å². The molecule has 0 radical (unpaired) electrons. The number of rotatable bonds is 3. The first kappa shape index (κ1) is 19.3. The highest BCUT2D eigenvalue weighted by Gasteiger charge is 2.45. The number of likely N-dealkylation sites (tertiary alicyclic amines) is 2. The molecule has 4 heterocycles. The maximum atomic E-state index is 13.6. The molecule has 2 saturated heterocycles. The maximum Gasteiger partial charge on any atom is 0.228 e. The van der Waals surface area contributed by atoms with E-state index in [9.17, 15) is 9.59 Å². The quantitative estimate of drug-likeness (QED) is 0.649. The SMILES string of the molecule is CN1C(=O)CC(C(=O)N2CCCC(c3nc4ccccc4n3C)C2)C1c1cccs1. The normalized spacial score (nSPS) is 24.7. The molecule has 0 bridgehead atoms. The summed E-state index contributed by atoms with van der Waals surface area (Å²) in [7, 11) is 3.88. The van der Waals surface area contributed by atoms with Gasteiger partial charge in [0.25, 0.3) is 0 Å². The van der Waals surface area contributed by atoms with Crippen LogP contribution >= 0.6 is 11.3 Å². The molecule has 7 heteroatoms. The first-order valence-electron chi connectivity index (χ1n) is 10.5. The molecule has 2 fully saturated rings. The van der Waals surface area contributed by atoms with E-state index in [1.54, 1.807) is 16.2 Å². The van der Waals surface area contributed by atoms with E-state index in [0.717, 1.165) is 41.1 Å². The highest BCUT2D eigenvalue weighted by molar-refractivity contribution is 7.10. The minimum absolute atomic E-state index is 0.0515. The number of aryl methyl sites for hydroxylation is 1. The van der Waals surface area contributed by atoms with Gasteiger partial charge in [0.05, 0.1) is 23.0 Å². The van der Waals surface area contributed by atoms with Crippen molar-refractivity contribution in [3.8, 4) is 0 Å². The van der Waals surface area contributed by atoms with Gasteiger partial charge in [0, 0.05) is 44.4 Å². The minimum Gasteiger partial charge on any atom is -0.342 e. The van der Waals surface area contributed by atoms with E-state index in [1.165, 1.54) is 0 Å². The van der Waals surface area contributed by atoms with Crippen molar-refractivity contribution in [2.75, 3.05) is 20.1 Å². The van der Waals surface area contributed by atoms with Crippen molar-refractivity contribution >= 4 is 34.2 Å². The number of benzene rings is 1. The van der Waals surface area contributed by atoms with Crippen molar-refractivity contribution in [1.82, 2.24) is 19.4 Å². The van der Waals surface area contributed by atoms with Gasteiger partial charge in [0.1, 0.15) is 5.82 Å². The number of aromatic nitrogens is 2. The Hall–Kier alpha value is -2.67. The lowest BCUT2D eigenvalue weighted by molar-refractivity contribution is -0.137. The van der Waals surface area contributed by atoms with E-state index < -0.39 is 0 Å². The lowest BCUT2D eigenvalue weighted by atomic mass is 9.92. The number of carbonyl (C=O) groups is 2. The van der Waals surface area contributed by atoms with Crippen LogP contribution in [0.3, 0.4) is 0 Å². The number of para-hydroxylation sites is 2. The number of carbonyl (C=O) groups excluding carboxylic acids is 2. The third-order valence-electron chi connectivity index (χ3n) is 6.66. The molecule has 156 valence electrons. The molecule has 0 aliphatic carbocycles. The Morgan fingerprint density at radius 3 is 2.77 bits per heavy atom. The highest BCUT2D eigenvalue weighted by atomic mass is 32.1. The molecule has 3 unspecified atom stereocenters. The van der Waals surface area contributed by atoms with Crippen LogP contribution in [0.15, 0.2) is 41.8 Å². The molecule has 5 rings (SSSR count). The zero-order valence-electron chi connectivity index (χ0n) is 17.3. The second-order valence-corrected chi connectivity index (χ2v) is 9.40. The summed E-state index contributed by atoms with van der Waals surface area (Å²) in [5.41, 5.74) is 2.12. The lowest BCUT2D eigenvalue weighted by Crippen LogP contribution is -2.44. The standard InChI is InChI=1S/C23H26N4O2S/c1-25-18-9-4-3-8-17(18)24-22(25)15-7-5-11-27(14-15)23(29)16-13-20(28)26(2)21(16)19-10-6-12-30-19/h3-4,6,8-10,12,15-16,21H,5,7,11,13-14H2,1-2H3. The monoisotopic (exact) mass is 422 g/mol. The predicted molar refractivity (Wildman–Crippen MR) is 117 cm³/mol. The number of piperidine rings is 1. The first-order valence-corrected chi connectivity index (χ1v) is 11.4. The number of nitrogens with zero attached hydrogens (tertiary/aromatic N) is 4. The summed E-state index contributed by atoms with van der Waals surface area (Å²) in [6.45, 7) is 1.42. The zero-order valence-corrected chi connectivity index (χ0v) is 18.1. The molecule has 1 aromatic carbocycles. The van der Waals surface area contributed by atoms with Crippen LogP contribution in [0.1, 0.15) is 41.9 Å². The molecule has 2 aromatic heterocycles. The average Bonchev–Trinajstić information content (AvgIpc) is 3.47. The smallest absolute Gasteiger partial charge is 0.228 e. The van der Waals surface area contributed by atoms with Crippen LogP contribution in [0.4, 0.5) is 0 Å². The van der Waals surface area contributed by atoms with E-state index in [2.05, 4.69) is 17.7 Å². The van der Waals surface area contributed by atoms with Crippen LogP contribution in [0.25, 0.3) is 11.0 Å². The lowest BCUT2D eigenvalue weighted by Gasteiger charge is -2.35. The fourth-order valence-corrected chi connectivity index (χ4v) is 6.02. The molecule has 3 aromatic rings. The number of hydrogen-bond donors (Lipinski definition) is 0. The van der Waals surface area contributed by atoms with E-state index in [1.807, 2.05) is 47.7 Å². The van der Waals surface area contributed by atoms with E-state index in [4.69, 9.17) is 4.98 Å². The molecule has 2 aliphatic heterocycles. The van der Waals surface area contributed by atoms with Crippen LogP contribution < -0.4 is 0 Å². The van der Waals surface area contributed by atoms with Crippen molar-refractivity contribution in [3.05, 3.63) is 52.5 Å². The molecule has 0 spiro atoms. The topological polar surface area (TPSA) is 58.4 Å². The van der Waals surface area contributed by atoms with Gasteiger partial charge in [-0.2, -0.15) is 0 Å². The molecule has 3 atom stereocenters.